The highest BCUT2D eigenvalue weighted by atomic mass is 32.1. The number of hydrogen-bond acceptors (Lipinski definition) is 6. The summed E-state index contributed by atoms with van der Waals surface area (Å²) in [6.45, 7) is 9.04. The summed E-state index contributed by atoms with van der Waals surface area (Å²) in [4.78, 5) is 21.6. The van der Waals surface area contributed by atoms with Gasteiger partial charge in [0.25, 0.3) is 0 Å². The van der Waals surface area contributed by atoms with Crippen molar-refractivity contribution in [2.24, 2.45) is 0 Å². The molecule has 2 aromatic heterocycles. The van der Waals surface area contributed by atoms with Crippen LogP contribution < -0.4 is 5.32 Å². The summed E-state index contributed by atoms with van der Waals surface area (Å²) < 4.78 is 5.42. The van der Waals surface area contributed by atoms with Gasteiger partial charge in [-0.3, -0.25) is 14.6 Å². The van der Waals surface area contributed by atoms with Gasteiger partial charge in [0.05, 0.1) is 25.0 Å². The molecule has 3 heterocycles. The number of benzene rings is 1. The van der Waals surface area contributed by atoms with Crippen molar-refractivity contribution in [3.8, 4) is 11.3 Å². The smallest absolute Gasteiger partial charge is 0.240 e. The molecule has 1 fully saturated rings. The molecule has 4 rings (SSSR count). The summed E-state index contributed by atoms with van der Waals surface area (Å²) >= 11 is 1.47. The number of hydrogen-bond donors (Lipinski definition) is 1. The maximum absolute atomic E-state index is 12.4. The van der Waals surface area contributed by atoms with Crippen LogP contribution in [0.5, 0.6) is 0 Å². The molecule has 0 saturated carbocycles. The molecule has 1 aliphatic rings. The van der Waals surface area contributed by atoms with Crippen LogP contribution in [0.3, 0.4) is 0 Å². The number of nitrogens with zero attached hydrogens (tertiary/aromatic N) is 3. The van der Waals surface area contributed by atoms with E-state index in [1.807, 2.05) is 17.5 Å². The zero-order chi connectivity index (χ0) is 20.2. The molecule has 7 heteroatoms. The van der Waals surface area contributed by atoms with E-state index in [9.17, 15) is 4.79 Å². The first kappa shape index (κ1) is 19.8. The molecule has 0 spiro atoms. The van der Waals surface area contributed by atoms with Crippen molar-refractivity contribution in [1.29, 1.82) is 0 Å². The molecule has 1 aromatic carbocycles. The number of carbonyl (C=O) groups excluding carboxylic acids is 1. The lowest BCUT2D eigenvalue weighted by Crippen LogP contribution is -2.48. The molecular formula is C22H26N4O2S. The topological polar surface area (TPSA) is 61.6 Å². The van der Waals surface area contributed by atoms with Crippen LogP contribution in [0.2, 0.25) is 0 Å². The molecule has 1 amide bonds. The number of amides is 1. The second-order valence-corrected chi connectivity index (χ2v) is 8.37. The normalized spacial score (nSPS) is 15.5. The minimum atomic E-state index is -0.00882. The molecule has 6 nitrogen and oxygen atoms in total. The first-order valence-corrected chi connectivity index (χ1v) is 10.7. The highest BCUT2D eigenvalue weighted by molar-refractivity contribution is 7.14. The number of aromatic nitrogens is 1. The van der Waals surface area contributed by atoms with E-state index in [2.05, 4.69) is 52.1 Å². The molecule has 3 aromatic rings. The molecule has 0 aliphatic carbocycles. The Balaban J connectivity index is 1.26. The third kappa shape index (κ3) is 5.12. The largest absolute Gasteiger partial charge is 0.468 e. The summed E-state index contributed by atoms with van der Waals surface area (Å²) in [7, 11) is 0. The van der Waals surface area contributed by atoms with Crippen LogP contribution in [0.1, 0.15) is 16.9 Å². The van der Waals surface area contributed by atoms with Gasteiger partial charge in [-0.15, -0.1) is 11.3 Å². The van der Waals surface area contributed by atoms with Crippen LogP contribution in [0.15, 0.2) is 46.4 Å². The average molecular weight is 411 g/mol. The molecular weight excluding hydrogens is 384 g/mol. The molecule has 0 unspecified atom stereocenters. The minimum Gasteiger partial charge on any atom is -0.468 e. The molecule has 0 radical (unpaired) electrons. The van der Waals surface area contributed by atoms with Gasteiger partial charge in [-0.25, -0.2) is 4.98 Å². The van der Waals surface area contributed by atoms with Gasteiger partial charge in [0.15, 0.2) is 5.13 Å². The summed E-state index contributed by atoms with van der Waals surface area (Å²) in [6.07, 6.45) is 1.71. The van der Waals surface area contributed by atoms with Crippen molar-refractivity contribution in [2.45, 2.75) is 20.4 Å². The van der Waals surface area contributed by atoms with E-state index in [1.54, 1.807) is 6.26 Å². The Bertz CT molecular complexity index is 959. The summed E-state index contributed by atoms with van der Waals surface area (Å²) in [5.41, 5.74) is 4.49. The first-order chi connectivity index (χ1) is 14.1. The van der Waals surface area contributed by atoms with Crippen molar-refractivity contribution in [2.75, 3.05) is 38.0 Å². The zero-order valence-corrected chi connectivity index (χ0v) is 17.7. The SMILES string of the molecule is Cc1ccc(-c2csc(NC(=O)CN3CCN(Cc4ccco4)CC3)n2)cc1C. The van der Waals surface area contributed by atoms with E-state index in [0.29, 0.717) is 11.7 Å². The molecule has 0 atom stereocenters. The number of piperazine rings is 1. The van der Waals surface area contributed by atoms with Crippen LogP contribution in [-0.4, -0.2) is 53.4 Å². The first-order valence-electron chi connectivity index (χ1n) is 9.87. The van der Waals surface area contributed by atoms with Crippen molar-refractivity contribution in [3.63, 3.8) is 0 Å². The number of anilines is 1. The number of aryl methyl sites for hydroxylation is 2. The lowest BCUT2D eigenvalue weighted by Gasteiger charge is -2.33. The molecule has 29 heavy (non-hydrogen) atoms. The fourth-order valence-electron chi connectivity index (χ4n) is 3.45. The quantitative estimate of drug-likeness (QED) is 0.670. The van der Waals surface area contributed by atoms with Crippen LogP contribution in [0, 0.1) is 13.8 Å². The van der Waals surface area contributed by atoms with E-state index in [0.717, 1.165) is 49.7 Å². The summed E-state index contributed by atoms with van der Waals surface area (Å²) in [5, 5.41) is 5.60. The number of furan rings is 1. The second kappa shape index (κ2) is 8.90. The summed E-state index contributed by atoms with van der Waals surface area (Å²) in [5.74, 6) is 0.977. The lowest BCUT2D eigenvalue weighted by molar-refractivity contribution is -0.117. The Labute approximate surface area is 175 Å². The fourth-order valence-corrected chi connectivity index (χ4v) is 4.19. The number of thiazole rings is 1. The van der Waals surface area contributed by atoms with Gasteiger partial charge in [0.1, 0.15) is 5.76 Å². The van der Waals surface area contributed by atoms with Crippen LogP contribution in [-0.2, 0) is 11.3 Å². The molecule has 152 valence electrons. The molecule has 1 aliphatic heterocycles. The Morgan fingerprint density at radius 3 is 2.66 bits per heavy atom. The van der Waals surface area contributed by atoms with Gasteiger partial charge in [-0.1, -0.05) is 12.1 Å². The van der Waals surface area contributed by atoms with Crippen LogP contribution in [0.4, 0.5) is 5.13 Å². The number of carbonyl (C=O) groups is 1. The Kier molecular flexibility index (Phi) is 6.08. The lowest BCUT2D eigenvalue weighted by atomic mass is 10.1. The Hall–Kier alpha value is -2.48. The van der Waals surface area contributed by atoms with E-state index >= 15 is 0 Å². The van der Waals surface area contributed by atoms with Gasteiger partial charge in [-0.2, -0.15) is 0 Å². The van der Waals surface area contributed by atoms with Gasteiger partial charge < -0.3 is 9.73 Å². The van der Waals surface area contributed by atoms with Crippen LogP contribution in [0.25, 0.3) is 11.3 Å². The minimum absolute atomic E-state index is 0.00882. The van der Waals surface area contributed by atoms with Crippen molar-refractivity contribution in [1.82, 2.24) is 14.8 Å². The van der Waals surface area contributed by atoms with Gasteiger partial charge in [-0.05, 0) is 43.2 Å². The van der Waals surface area contributed by atoms with Crippen molar-refractivity contribution >= 4 is 22.4 Å². The van der Waals surface area contributed by atoms with Crippen molar-refractivity contribution in [3.05, 3.63) is 58.9 Å². The standard InChI is InChI=1S/C22H26N4O2S/c1-16-5-6-18(12-17(16)2)20-15-29-22(23-20)24-21(27)14-26-9-7-25(8-10-26)13-19-4-3-11-28-19/h3-6,11-12,15H,7-10,13-14H2,1-2H3,(H,23,24,27). The third-order valence-electron chi connectivity index (χ3n) is 5.34. The van der Waals surface area contributed by atoms with E-state index in [1.165, 1.54) is 22.5 Å². The average Bonchev–Trinajstić information content (AvgIpc) is 3.38. The molecule has 1 saturated heterocycles. The number of nitrogens with one attached hydrogen (secondary N) is 1. The molecule has 1 N–H and O–H groups in total. The maximum Gasteiger partial charge on any atom is 0.240 e. The van der Waals surface area contributed by atoms with Gasteiger partial charge >= 0.3 is 0 Å². The van der Waals surface area contributed by atoms with E-state index in [4.69, 9.17) is 4.42 Å². The summed E-state index contributed by atoms with van der Waals surface area (Å²) in [6, 6.07) is 10.2. The van der Waals surface area contributed by atoms with Gasteiger partial charge in [0, 0.05) is 37.1 Å². The van der Waals surface area contributed by atoms with Gasteiger partial charge in [0.2, 0.25) is 5.91 Å². The van der Waals surface area contributed by atoms with E-state index < -0.39 is 0 Å². The Morgan fingerprint density at radius 1 is 1.14 bits per heavy atom. The van der Waals surface area contributed by atoms with E-state index in [-0.39, 0.29) is 5.91 Å². The Morgan fingerprint density at radius 2 is 1.93 bits per heavy atom. The van der Waals surface area contributed by atoms with Crippen molar-refractivity contribution < 1.29 is 9.21 Å². The zero-order valence-electron chi connectivity index (χ0n) is 16.9. The molecule has 0 bridgehead atoms. The fraction of sp³-hybridized carbons (Fsp3) is 0.364. The van der Waals surface area contributed by atoms with Crippen LogP contribution >= 0.6 is 11.3 Å². The highest BCUT2D eigenvalue weighted by Crippen LogP contribution is 2.26. The predicted molar refractivity (Wildman–Crippen MR) is 116 cm³/mol. The maximum atomic E-state index is 12.4. The third-order valence-corrected chi connectivity index (χ3v) is 6.10. The monoisotopic (exact) mass is 410 g/mol. The number of rotatable bonds is 6. The predicted octanol–water partition coefficient (Wildman–Crippen LogP) is 3.78. The second-order valence-electron chi connectivity index (χ2n) is 7.52. The highest BCUT2D eigenvalue weighted by Gasteiger charge is 2.20.